The van der Waals surface area contributed by atoms with Crippen molar-refractivity contribution in [2.45, 2.75) is 12.1 Å². The molecule has 38 heavy (non-hydrogen) atoms. The number of aromatic nitrogens is 1. The molecule has 200 valence electrons. The van der Waals surface area contributed by atoms with Gasteiger partial charge in [0.15, 0.2) is 0 Å². The molecule has 1 aromatic heterocycles. The number of aliphatic hydroxyl groups is 1. The highest BCUT2D eigenvalue weighted by molar-refractivity contribution is 5.89. The predicted octanol–water partition coefficient (Wildman–Crippen LogP) is 3.24. The van der Waals surface area contributed by atoms with E-state index in [2.05, 4.69) is 20.5 Å². The number of hydrogen-bond donors (Lipinski definition) is 4. The van der Waals surface area contributed by atoms with Gasteiger partial charge in [-0.05, 0) is 43.9 Å². The average molecular weight is 523 g/mol. The molecule has 3 aromatic rings. The summed E-state index contributed by atoms with van der Waals surface area (Å²) in [5.74, 6) is -2.15. The third-order valence-corrected chi connectivity index (χ3v) is 7.57. The second-order valence-electron chi connectivity index (χ2n) is 10.3. The molecule has 2 amide bonds. The van der Waals surface area contributed by atoms with E-state index in [9.17, 15) is 18.7 Å². The van der Waals surface area contributed by atoms with E-state index in [1.807, 2.05) is 44.4 Å². The molecule has 0 saturated carbocycles. The molecule has 0 spiro atoms. The standard InChI is InChI=1S/C28H32F2N6O2/c1-32-11-17-3-5-24(25(31)7-17)18-4-6-26(33-12-18)28(38)19-13-35(2)14-20(28)16-36(15-19)27(37)34-23-9-21(29)8-22(30)10-23/h3-10,12,19-20,32,38H,11,13-16,31H2,1-2H3,(H,34,37). The first-order chi connectivity index (χ1) is 18.2. The molecule has 2 atom stereocenters. The number of nitrogens with two attached hydrogens (primary N) is 1. The molecular weight excluding hydrogens is 490 g/mol. The number of nitrogens with one attached hydrogen (secondary N) is 2. The third-order valence-electron chi connectivity index (χ3n) is 7.57. The number of hydrogen-bond acceptors (Lipinski definition) is 6. The highest BCUT2D eigenvalue weighted by Crippen LogP contribution is 2.44. The fraction of sp³-hybridized carbons (Fsp3) is 0.357. The van der Waals surface area contributed by atoms with Gasteiger partial charge < -0.3 is 31.3 Å². The lowest BCUT2D eigenvalue weighted by Crippen LogP contribution is -2.66. The van der Waals surface area contributed by atoms with Crippen molar-refractivity contribution in [3.63, 3.8) is 0 Å². The summed E-state index contributed by atoms with van der Waals surface area (Å²) < 4.78 is 27.2. The number of anilines is 2. The molecule has 0 radical (unpaired) electrons. The zero-order valence-electron chi connectivity index (χ0n) is 21.4. The minimum Gasteiger partial charge on any atom is -0.398 e. The van der Waals surface area contributed by atoms with Crippen LogP contribution in [0.3, 0.4) is 0 Å². The normalized spacial score (nSPS) is 23.3. The number of carbonyl (C=O) groups is 1. The van der Waals surface area contributed by atoms with Crippen LogP contribution in [0.1, 0.15) is 11.3 Å². The number of halogens is 2. The Labute approximate surface area is 220 Å². The maximum Gasteiger partial charge on any atom is 0.321 e. The third kappa shape index (κ3) is 4.94. The van der Waals surface area contributed by atoms with Crippen LogP contribution in [0, 0.1) is 23.5 Å². The number of piperidine rings is 2. The Balaban J connectivity index is 1.36. The summed E-state index contributed by atoms with van der Waals surface area (Å²) in [6.45, 7) is 2.39. The zero-order chi connectivity index (χ0) is 27.0. The lowest BCUT2D eigenvalue weighted by molar-refractivity contribution is -0.155. The molecule has 5 N–H and O–H groups in total. The fourth-order valence-electron chi connectivity index (χ4n) is 5.83. The first-order valence-corrected chi connectivity index (χ1v) is 12.6. The van der Waals surface area contributed by atoms with Crippen LogP contribution < -0.4 is 16.4 Å². The Morgan fingerprint density at radius 3 is 2.34 bits per heavy atom. The number of nitrogens with zero attached hydrogens (tertiary/aromatic N) is 3. The van der Waals surface area contributed by atoms with Gasteiger partial charge in [-0.2, -0.15) is 0 Å². The number of carbonyl (C=O) groups excluding carboxylic acids is 1. The monoisotopic (exact) mass is 522 g/mol. The van der Waals surface area contributed by atoms with Gasteiger partial charge in [0.25, 0.3) is 0 Å². The summed E-state index contributed by atoms with van der Waals surface area (Å²) in [7, 11) is 3.87. The van der Waals surface area contributed by atoms with Gasteiger partial charge in [-0.15, -0.1) is 0 Å². The number of amides is 2. The van der Waals surface area contributed by atoms with Gasteiger partial charge in [0.1, 0.15) is 17.2 Å². The topological polar surface area (TPSA) is 107 Å². The Hall–Kier alpha value is -3.60. The number of pyridine rings is 1. The van der Waals surface area contributed by atoms with Crippen LogP contribution in [0.4, 0.5) is 25.0 Å². The van der Waals surface area contributed by atoms with Gasteiger partial charge in [0.05, 0.1) is 5.69 Å². The smallest absolute Gasteiger partial charge is 0.321 e. The molecule has 0 aliphatic carbocycles. The zero-order valence-corrected chi connectivity index (χ0v) is 21.4. The predicted molar refractivity (Wildman–Crippen MR) is 142 cm³/mol. The van der Waals surface area contributed by atoms with Crippen LogP contribution in [0.2, 0.25) is 0 Å². The van der Waals surface area contributed by atoms with E-state index in [0.717, 1.165) is 41.4 Å². The SMILES string of the molecule is CNCc1ccc(-c2ccc(C3(O)C4CN(C)CC3CN(C(=O)Nc3cc(F)cc(F)c3)C4)nc2)c(N)c1. The Morgan fingerprint density at radius 1 is 1.08 bits per heavy atom. The van der Waals surface area contributed by atoms with Crippen LogP contribution in [0.5, 0.6) is 0 Å². The van der Waals surface area contributed by atoms with Crippen LogP contribution in [0.15, 0.2) is 54.7 Å². The molecule has 2 aliphatic rings. The lowest BCUT2D eigenvalue weighted by Gasteiger charge is -2.54. The number of urea groups is 1. The van der Waals surface area contributed by atoms with E-state index < -0.39 is 23.3 Å². The largest absolute Gasteiger partial charge is 0.398 e. The molecule has 5 rings (SSSR count). The van der Waals surface area contributed by atoms with Crippen molar-refractivity contribution >= 4 is 17.4 Å². The quantitative estimate of drug-likeness (QED) is 0.384. The number of nitrogen functional groups attached to an aromatic ring is 1. The van der Waals surface area contributed by atoms with Gasteiger partial charge in [-0.1, -0.05) is 18.2 Å². The maximum absolute atomic E-state index is 13.6. The Bertz CT molecular complexity index is 1300. The van der Waals surface area contributed by atoms with E-state index in [1.54, 1.807) is 11.1 Å². The first-order valence-electron chi connectivity index (χ1n) is 12.6. The van der Waals surface area contributed by atoms with E-state index in [4.69, 9.17) is 5.73 Å². The molecule has 10 heteroatoms. The van der Waals surface area contributed by atoms with E-state index in [1.165, 1.54) is 0 Å². The molecule has 2 unspecified atom stereocenters. The molecule has 8 nitrogen and oxygen atoms in total. The molecule has 3 heterocycles. The minimum absolute atomic E-state index is 0.0473. The molecule has 2 aromatic carbocycles. The summed E-state index contributed by atoms with van der Waals surface area (Å²) in [6, 6.07) is 12.1. The Morgan fingerprint density at radius 2 is 1.76 bits per heavy atom. The second-order valence-corrected chi connectivity index (χ2v) is 10.3. The van der Waals surface area contributed by atoms with E-state index >= 15 is 0 Å². The van der Waals surface area contributed by atoms with Crippen molar-refractivity contribution < 1.29 is 18.7 Å². The van der Waals surface area contributed by atoms with Crippen molar-refractivity contribution in [3.05, 3.63) is 77.6 Å². The summed E-state index contributed by atoms with van der Waals surface area (Å²) in [5.41, 5.74) is 9.14. The van der Waals surface area contributed by atoms with Crippen molar-refractivity contribution in [1.29, 1.82) is 0 Å². The van der Waals surface area contributed by atoms with Crippen molar-refractivity contribution in [1.82, 2.24) is 20.1 Å². The lowest BCUT2D eigenvalue weighted by atomic mass is 9.68. The fourth-order valence-corrected chi connectivity index (χ4v) is 5.83. The Kier molecular flexibility index (Phi) is 7.04. The van der Waals surface area contributed by atoms with Crippen LogP contribution in [-0.4, -0.2) is 66.2 Å². The summed E-state index contributed by atoms with van der Waals surface area (Å²) in [6.07, 6.45) is 1.73. The molecular formula is C28H32F2N6O2. The maximum atomic E-state index is 13.6. The highest BCUT2D eigenvalue weighted by atomic mass is 19.1. The van der Waals surface area contributed by atoms with E-state index in [0.29, 0.717) is 24.5 Å². The van der Waals surface area contributed by atoms with Crippen molar-refractivity contribution in [2.75, 3.05) is 51.3 Å². The van der Waals surface area contributed by atoms with Gasteiger partial charge in [0.2, 0.25) is 0 Å². The number of likely N-dealkylation sites (tertiary alicyclic amines) is 2. The van der Waals surface area contributed by atoms with Crippen LogP contribution in [-0.2, 0) is 12.1 Å². The molecule has 2 fully saturated rings. The molecule has 2 aliphatic heterocycles. The van der Waals surface area contributed by atoms with Gasteiger partial charge in [0, 0.05) is 79.3 Å². The average Bonchev–Trinajstić information content (AvgIpc) is 2.84. The highest BCUT2D eigenvalue weighted by Gasteiger charge is 2.54. The van der Waals surface area contributed by atoms with Crippen molar-refractivity contribution in [3.8, 4) is 11.1 Å². The number of benzene rings is 2. The first kappa shape index (κ1) is 26.0. The second kappa shape index (κ2) is 10.3. The van der Waals surface area contributed by atoms with Crippen molar-refractivity contribution in [2.24, 2.45) is 11.8 Å². The van der Waals surface area contributed by atoms with Gasteiger partial charge in [-0.3, -0.25) is 4.98 Å². The van der Waals surface area contributed by atoms with Crippen LogP contribution in [0.25, 0.3) is 11.1 Å². The summed E-state index contributed by atoms with van der Waals surface area (Å²) >= 11 is 0. The van der Waals surface area contributed by atoms with Crippen LogP contribution >= 0.6 is 0 Å². The summed E-state index contributed by atoms with van der Waals surface area (Å²) in [4.78, 5) is 21.4. The minimum atomic E-state index is -1.23. The van der Waals surface area contributed by atoms with Gasteiger partial charge >= 0.3 is 6.03 Å². The van der Waals surface area contributed by atoms with E-state index in [-0.39, 0.29) is 30.6 Å². The number of rotatable bonds is 5. The van der Waals surface area contributed by atoms with Gasteiger partial charge in [-0.25, -0.2) is 13.6 Å². The molecule has 2 saturated heterocycles. The number of fused-ring (bicyclic) bond motifs is 2. The molecule has 2 bridgehead atoms. The summed E-state index contributed by atoms with van der Waals surface area (Å²) in [5, 5.41) is 17.7.